The largest absolute Gasteiger partial charge is 0.492 e. The molecule has 0 aliphatic heterocycles. The topological polar surface area (TPSA) is 50.2 Å². The third-order valence-corrected chi connectivity index (χ3v) is 4.34. The van der Waals surface area contributed by atoms with Gasteiger partial charge in [-0.1, -0.05) is 18.9 Å². The summed E-state index contributed by atoms with van der Waals surface area (Å²) in [5.41, 5.74) is 1.95. The van der Waals surface area contributed by atoms with Gasteiger partial charge >= 0.3 is 0 Å². The number of para-hydroxylation sites is 1. The number of nitrogens with one attached hydrogen (secondary N) is 1. The fraction of sp³-hybridized carbons (Fsp3) is 0.533. The molecule has 1 fully saturated rings. The first kappa shape index (κ1) is 13.6. The van der Waals surface area contributed by atoms with Crippen molar-refractivity contribution in [3.8, 4) is 5.75 Å². The maximum Gasteiger partial charge on any atom is 0.178 e. The predicted octanol–water partition coefficient (Wildman–Crippen LogP) is 3.57. The van der Waals surface area contributed by atoms with Gasteiger partial charge in [0.15, 0.2) is 4.77 Å². The smallest absolute Gasteiger partial charge is 0.178 e. The van der Waals surface area contributed by atoms with E-state index in [1.807, 2.05) is 25.1 Å². The van der Waals surface area contributed by atoms with Gasteiger partial charge in [0.1, 0.15) is 11.3 Å². The monoisotopic (exact) mass is 292 g/mol. The number of nitrogens with zero attached hydrogens (tertiary/aromatic N) is 1. The Labute approximate surface area is 123 Å². The van der Waals surface area contributed by atoms with Gasteiger partial charge in [-0.15, -0.1) is 0 Å². The molecular formula is C15H20N2O2S. The van der Waals surface area contributed by atoms with E-state index in [-0.39, 0.29) is 12.1 Å². The van der Waals surface area contributed by atoms with Crippen LogP contribution in [0.4, 0.5) is 0 Å². The lowest BCUT2D eigenvalue weighted by atomic mass is 9.92. The zero-order valence-corrected chi connectivity index (χ0v) is 12.4. The van der Waals surface area contributed by atoms with Crippen LogP contribution in [0, 0.1) is 4.77 Å². The molecule has 1 aromatic heterocycles. The van der Waals surface area contributed by atoms with Crippen molar-refractivity contribution in [2.24, 2.45) is 0 Å². The Balaban J connectivity index is 2.13. The first-order chi connectivity index (χ1) is 9.72. The number of rotatable bonds is 3. The third kappa shape index (κ3) is 2.25. The fourth-order valence-electron chi connectivity index (χ4n) is 3.12. The molecule has 2 aromatic rings. The summed E-state index contributed by atoms with van der Waals surface area (Å²) >= 11 is 5.47. The summed E-state index contributed by atoms with van der Waals surface area (Å²) in [7, 11) is 0. The van der Waals surface area contributed by atoms with Crippen LogP contribution in [-0.4, -0.2) is 27.4 Å². The van der Waals surface area contributed by atoms with Crippen LogP contribution in [0.15, 0.2) is 18.2 Å². The number of benzene rings is 1. The van der Waals surface area contributed by atoms with E-state index in [0.29, 0.717) is 11.4 Å². The summed E-state index contributed by atoms with van der Waals surface area (Å²) in [4.78, 5) is 3.24. The predicted molar refractivity (Wildman–Crippen MR) is 81.8 cm³/mol. The zero-order valence-electron chi connectivity index (χ0n) is 11.6. The summed E-state index contributed by atoms with van der Waals surface area (Å²) in [5, 5.41) is 10.3. The average molecular weight is 292 g/mol. The van der Waals surface area contributed by atoms with Crippen molar-refractivity contribution in [1.29, 1.82) is 0 Å². The van der Waals surface area contributed by atoms with E-state index in [1.54, 1.807) is 0 Å². The maximum atomic E-state index is 10.3. The van der Waals surface area contributed by atoms with Crippen molar-refractivity contribution < 1.29 is 9.84 Å². The van der Waals surface area contributed by atoms with Crippen LogP contribution in [0.5, 0.6) is 5.75 Å². The highest BCUT2D eigenvalue weighted by atomic mass is 32.1. The van der Waals surface area contributed by atoms with Gasteiger partial charge in [0, 0.05) is 0 Å². The van der Waals surface area contributed by atoms with E-state index in [2.05, 4.69) is 9.55 Å². The normalized spacial score (nSPS) is 23.1. The van der Waals surface area contributed by atoms with E-state index < -0.39 is 0 Å². The number of imidazole rings is 1. The van der Waals surface area contributed by atoms with E-state index in [4.69, 9.17) is 17.0 Å². The quantitative estimate of drug-likeness (QED) is 0.850. The van der Waals surface area contributed by atoms with Gasteiger partial charge in [0.05, 0.1) is 24.3 Å². The number of hydrogen-bond acceptors (Lipinski definition) is 3. The number of hydrogen-bond donors (Lipinski definition) is 2. The number of ether oxygens (including phenoxy) is 1. The van der Waals surface area contributed by atoms with E-state index >= 15 is 0 Å². The van der Waals surface area contributed by atoms with Gasteiger partial charge in [-0.25, -0.2) is 0 Å². The number of aromatic nitrogens is 2. The SMILES string of the molecule is CCOc1cccc2c1[nH]c(=S)n2C1CCCCC1O. The van der Waals surface area contributed by atoms with Crippen molar-refractivity contribution in [3.05, 3.63) is 23.0 Å². The Bertz CT molecular complexity index is 661. The van der Waals surface area contributed by atoms with E-state index in [1.165, 1.54) is 0 Å². The van der Waals surface area contributed by atoms with Crippen molar-refractivity contribution in [2.75, 3.05) is 6.61 Å². The maximum absolute atomic E-state index is 10.3. The first-order valence-corrected chi connectivity index (χ1v) is 7.67. The molecule has 0 bridgehead atoms. The second-order valence-corrected chi connectivity index (χ2v) is 5.69. The minimum atomic E-state index is -0.315. The summed E-state index contributed by atoms with van der Waals surface area (Å²) in [6.07, 6.45) is 3.75. The van der Waals surface area contributed by atoms with Crippen LogP contribution in [0.1, 0.15) is 38.6 Å². The second-order valence-electron chi connectivity index (χ2n) is 5.30. The molecule has 1 aliphatic carbocycles. The highest BCUT2D eigenvalue weighted by Gasteiger charge is 2.27. The molecule has 0 saturated heterocycles. The van der Waals surface area contributed by atoms with Crippen molar-refractivity contribution in [3.63, 3.8) is 0 Å². The Morgan fingerprint density at radius 1 is 1.40 bits per heavy atom. The molecule has 4 nitrogen and oxygen atoms in total. The molecule has 1 aliphatic rings. The highest BCUT2D eigenvalue weighted by molar-refractivity contribution is 7.71. The molecule has 2 unspecified atom stereocenters. The van der Waals surface area contributed by atoms with Gasteiger partial charge in [-0.2, -0.15) is 0 Å². The van der Waals surface area contributed by atoms with Crippen LogP contribution in [0.3, 0.4) is 0 Å². The number of aromatic amines is 1. The molecule has 0 radical (unpaired) electrons. The Hall–Kier alpha value is -1.33. The van der Waals surface area contributed by atoms with Crippen molar-refractivity contribution in [2.45, 2.75) is 44.8 Å². The molecule has 1 heterocycles. The molecule has 0 amide bonds. The number of aliphatic hydroxyl groups excluding tert-OH is 1. The number of aliphatic hydroxyl groups is 1. The van der Waals surface area contributed by atoms with Crippen LogP contribution >= 0.6 is 12.2 Å². The number of fused-ring (bicyclic) bond motifs is 1. The van der Waals surface area contributed by atoms with Crippen molar-refractivity contribution in [1.82, 2.24) is 9.55 Å². The minimum Gasteiger partial charge on any atom is -0.492 e. The standard InChI is InChI=1S/C15H20N2O2S/c1-2-19-13-9-5-7-11-14(13)16-15(20)17(11)10-6-3-4-8-12(10)18/h5,7,9-10,12,18H,2-4,6,8H2,1H3,(H,16,20). The van der Waals surface area contributed by atoms with Crippen LogP contribution in [0.25, 0.3) is 11.0 Å². The minimum absolute atomic E-state index is 0.0712. The Morgan fingerprint density at radius 2 is 2.20 bits per heavy atom. The molecule has 1 aromatic carbocycles. The third-order valence-electron chi connectivity index (χ3n) is 4.04. The zero-order chi connectivity index (χ0) is 14.1. The summed E-state index contributed by atoms with van der Waals surface area (Å²) in [6.45, 7) is 2.59. The summed E-state index contributed by atoms with van der Waals surface area (Å²) < 4.78 is 8.38. The van der Waals surface area contributed by atoms with Gasteiger partial charge in [0.2, 0.25) is 0 Å². The number of H-pyrrole nitrogens is 1. The average Bonchev–Trinajstić information content (AvgIpc) is 2.77. The lowest BCUT2D eigenvalue weighted by Crippen LogP contribution is -2.27. The van der Waals surface area contributed by atoms with Gasteiger partial charge in [0.25, 0.3) is 0 Å². The van der Waals surface area contributed by atoms with E-state index in [0.717, 1.165) is 42.5 Å². The van der Waals surface area contributed by atoms with E-state index in [9.17, 15) is 5.11 Å². The Morgan fingerprint density at radius 3 is 2.95 bits per heavy atom. The molecule has 5 heteroatoms. The molecular weight excluding hydrogens is 272 g/mol. The second kappa shape index (κ2) is 5.58. The molecule has 2 atom stereocenters. The fourth-order valence-corrected chi connectivity index (χ4v) is 3.46. The molecule has 0 spiro atoms. The Kier molecular flexibility index (Phi) is 3.81. The van der Waals surface area contributed by atoms with Crippen LogP contribution in [0.2, 0.25) is 0 Å². The molecule has 1 saturated carbocycles. The van der Waals surface area contributed by atoms with Gasteiger partial charge < -0.3 is 19.4 Å². The lowest BCUT2D eigenvalue weighted by molar-refractivity contribution is 0.0767. The summed E-state index contributed by atoms with van der Waals surface area (Å²) in [6, 6.07) is 6.02. The first-order valence-electron chi connectivity index (χ1n) is 7.26. The van der Waals surface area contributed by atoms with Crippen molar-refractivity contribution >= 4 is 23.3 Å². The molecule has 20 heavy (non-hydrogen) atoms. The molecule has 108 valence electrons. The summed E-state index contributed by atoms with van der Waals surface area (Å²) in [5.74, 6) is 0.820. The lowest BCUT2D eigenvalue weighted by Gasteiger charge is -2.29. The molecule has 3 rings (SSSR count). The van der Waals surface area contributed by atoms with Crippen LogP contribution < -0.4 is 4.74 Å². The van der Waals surface area contributed by atoms with Crippen LogP contribution in [-0.2, 0) is 0 Å². The highest BCUT2D eigenvalue weighted by Crippen LogP contribution is 2.34. The van der Waals surface area contributed by atoms with Gasteiger partial charge in [-0.05, 0) is 44.1 Å². The molecule has 2 N–H and O–H groups in total. The van der Waals surface area contributed by atoms with Gasteiger partial charge in [-0.3, -0.25) is 0 Å².